The summed E-state index contributed by atoms with van der Waals surface area (Å²) in [6, 6.07) is 5.70. The van der Waals surface area contributed by atoms with E-state index >= 15 is 0 Å². The third-order valence-electron chi connectivity index (χ3n) is 7.14. The molecular weight excluding hydrogens is 412 g/mol. The summed E-state index contributed by atoms with van der Waals surface area (Å²) in [5, 5.41) is 0. The van der Waals surface area contributed by atoms with Gasteiger partial charge in [0.25, 0.3) is 5.91 Å². The minimum atomic E-state index is -0.433. The van der Waals surface area contributed by atoms with E-state index < -0.39 is 5.63 Å². The molecule has 2 saturated heterocycles. The van der Waals surface area contributed by atoms with Gasteiger partial charge >= 0.3 is 5.63 Å². The normalized spacial score (nSPS) is 26.6. The van der Waals surface area contributed by atoms with Crippen molar-refractivity contribution in [2.45, 2.75) is 51.2 Å². The molecule has 0 N–H and O–H groups in total. The number of carbonyl (C=O) groups is 1. The molecule has 0 saturated carbocycles. The molecule has 0 aromatic carbocycles. The first-order chi connectivity index (χ1) is 15.0. The topological polar surface area (TPSA) is 63.0 Å². The molecule has 3 aliphatic rings. The lowest BCUT2D eigenvalue weighted by Gasteiger charge is -2.49. The number of fused-ring (bicyclic) bond motifs is 2. The lowest BCUT2D eigenvalue weighted by atomic mass is 9.79. The molecule has 1 amide bonds. The van der Waals surface area contributed by atoms with Gasteiger partial charge in [-0.25, -0.2) is 4.79 Å². The van der Waals surface area contributed by atoms with Crippen LogP contribution in [0, 0.1) is 5.92 Å². The molecule has 2 aromatic heterocycles. The average molecular weight is 443 g/mol. The number of thiophene rings is 1. The maximum Gasteiger partial charge on any atom is 0.335 e. The molecule has 2 fully saturated rings. The van der Waals surface area contributed by atoms with Crippen LogP contribution in [0.3, 0.4) is 0 Å². The summed E-state index contributed by atoms with van der Waals surface area (Å²) in [6.07, 6.45) is 5.50. The van der Waals surface area contributed by atoms with Crippen molar-refractivity contribution in [2.24, 2.45) is 5.92 Å². The second-order valence-electron chi connectivity index (χ2n) is 9.21. The van der Waals surface area contributed by atoms with Crippen LogP contribution in [0.4, 0.5) is 0 Å². The van der Waals surface area contributed by atoms with Crippen LogP contribution < -0.4 is 5.63 Å². The number of ether oxygens (including phenoxy) is 1. The minimum Gasteiger partial charge on any atom is -0.430 e. The highest BCUT2D eigenvalue weighted by atomic mass is 32.1. The van der Waals surface area contributed by atoms with Crippen LogP contribution >= 0.6 is 11.3 Å². The van der Waals surface area contributed by atoms with Crippen molar-refractivity contribution >= 4 is 17.2 Å². The monoisotopic (exact) mass is 442 g/mol. The molecule has 166 valence electrons. The van der Waals surface area contributed by atoms with Crippen LogP contribution in [-0.4, -0.2) is 54.5 Å². The molecule has 1 spiro atoms. The van der Waals surface area contributed by atoms with Crippen molar-refractivity contribution in [1.82, 2.24) is 9.80 Å². The van der Waals surface area contributed by atoms with Crippen molar-refractivity contribution in [3.8, 4) is 0 Å². The Bertz CT molecular complexity index is 1000. The summed E-state index contributed by atoms with van der Waals surface area (Å²) in [7, 11) is 0. The van der Waals surface area contributed by atoms with Gasteiger partial charge in [-0.15, -0.1) is 11.3 Å². The molecule has 5 heterocycles. The van der Waals surface area contributed by atoms with E-state index in [4.69, 9.17) is 9.15 Å². The molecule has 1 unspecified atom stereocenters. The van der Waals surface area contributed by atoms with Crippen LogP contribution in [-0.2, 0) is 23.2 Å². The van der Waals surface area contributed by atoms with Gasteiger partial charge in [-0.05, 0) is 43.9 Å². The van der Waals surface area contributed by atoms with Crippen LogP contribution in [0.5, 0.6) is 0 Å². The van der Waals surface area contributed by atoms with Gasteiger partial charge in [0.2, 0.25) is 0 Å². The smallest absolute Gasteiger partial charge is 0.335 e. The minimum absolute atomic E-state index is 0.0574. The van der Waals surface area contributed by atoms with Crippen molar-refractivity contribution in [3.63, 3.8) is 0 Å². The van der Waals surface area contributed by atoms with E-state index in [0.717, 1.165) is 58.5 Å². The van der Waals surface area contributed by atoms with Crippen molar-refractivity contribution in [1.29, 1.82) is 0 Å². The largest absolute Gasteiger partial charge is 0.430 e. The van der Waals surface area contributed by atoms with Crippen molar-refractivity contribution in [2.75, 3.05) is 32.8 Å². The van der Waals surface area contributed by atoms with E-state index in [-0.39, 0.29) is 11.5 Å². The van der Waals surface area contributed by atoms with Gasteiger partial charge in [-0.3, -0.25) is 4.79 Å². The van der Waals surface area contributed by atoms with Crippen LogP contribution in [0.2, 0.25) is 0 Å². The Morgan fingerprint density at radius 2 is 2.16 bits per heavy atom. The molecule has 0 radical (unpaired) electrons. The van der Waals surface area contributed by atoms with Gasteiger partial charge in [0.05, 0.1) is 17.8 Å². The molecule has 7 heteroatoms. The van der Waals surface area contributed by atoms with Crippen LogP contribution in [0.1, 0.15) is 52.4 Å². The van der Waals surface area contributed by atoms with Gasteiger partial charge in [0.1, 0.15) is 6.26 Å². The fourth-order valence-electron chi connectivity index (χ4n) is 5.39. The summed E-state index contributed by atoms with van der Waals surface area (Å²) in [5.41, 5.74) is 1.37. The summed E-state index contributed by atoms with van der Waals surface area (Å²) in [4.78, 5) is 31.0. The molecule has 3 aliphatic heterocycles. The van der Waals surface area contributed by atoms with E-state index in [2.05, 4.69) is 24.8 Å². The van der Waals surface area contributed by atoms with E-state index in [1.807, 2.05) is 16.2 Å². The van der Waals surface area contributed by atoms with Gasteiger partial charge in [0.15, 0.2) is 0 Å². The SMILES string of the molecule is CCc1cc2c(s1)CCOC21CCN(CC2CN(C(=O)c3ccc(=O)oc3)C2)[C@@H](C)C1. The fraction of sp³-hybridized carbons (Fsp3) is 0.583. The maximum atomic E-state index is 12.5. The van der Waals surface area contributed by atoms with Crippen molar-refractivity contribution < 1.29 is 13.9 Å². The Balaban J connectivity index is 1.18. The second kappa shape index (κ2) is 8.19. The summed E-state index contributed by atoms with van der Waals surface area (Å²) < 4.78 is 11.3. The Morgan fingerprint density at radius 3 is 2.87 bits per heavy atom. The van der Waals surface area contributed by atoms with Crippen molar-refractivity contribution in [3.05, 3.63) is 55.8 Å². The number of hydrogen-bond donors (Lipinski definition) is 0. The number of carbonyl (C=O) groups excluding carboxylic acids is 1. The van der Waals surface area contributed by atoms with E-state index in [1.165, 1.54) is 27.6 Å². The maximum absolute atomic E-state index is 12.5. The molecule has 2 aromatic rings. The van der Waals surface area contributed by atoms with Gasteiger partial charge in [-0.2, -0.15) is 0 Å². The Morgan fingerprint density at radius 1 is 1.32 bits per heavy atom. The molecule has 2 atom stereocenters. The highest BCUT2D eigenvalue weighted by molar-refractivity contribution is 7.12. The number of aryl methyl sites for hydroxylation is 1. The number of rotatable bonds is 4. The van der Waals surface area contributed by atoms with Crippen LogP contribution in [0.15, 0.2) is 33.7 Å². The average Bonchev–Trinajstić information content (AvgIpc) is 3.17. The van der Waals surface area contributed by atoms with Gasteiger partial charge in [0, 0.05) is 60.4 Å². The first kappa shape index (κ1) is 20.9. The number of hydrogen-bond acceptors (Lipinski definition) is 6. The zero-order valence-electron chi connectivity index (χ0n) is 18.3. The molecule has 31 heavy (non-hydrogen) atoms. The summed E-state index contributed by atoms with van der Waals surface area (Å²) in [6.45, 7) is 8.96. The number of piperidine rings is 1. The fourth-order valence-corrected chi connectivity index (χ4v) is 6.57. The van der Waals surface area contributed by atoms with Gasteiger partial charge in [-0.1, -0.05) is 6.92 Å². The third-order valence-corrected chi connectivity index (χ3v) is 8.48. The number of nitrogens with zero attached hydrogens (tertiary/aromatic N) is 2. The van der Waals surface area contributed by atoms with E-state index in [1.54, 1.807) is 6.07 Å². The first-order valence-corrected chi connectivity index (χ1v) is 12.2. The standard InChI is InChI=1S/C24H30N2O4S/c1-3-19-10-20-21(31-19)6-9-30-24(20)7-8-25(16(2)11-24)12-17-13-26(14-17)23(28)18-4-5-22(27)29-15-18/h4-5,10,15-17H,3,6-9,11-14H2,1-2H3/t16-,24?/m0/s1. The Kier molecular flexibility index (Phi) is 5.52. The lowest BCUT2D eigenvalue weighted by Crippen LogP contribution is -2.57. The zero-order valence-corrected chi connectivity index (χ0v) is 19.1. The quantitative estimate of drug-likeness (QED) is 0.727. The summed E-state index contributed by atoms with van der Waals surface area (Å²) >= 11 is 1.98. The Hall–Kier alpha value is -1.96. The third kappa shape index (κ3) is 3.88. The predicted octanol–water partition coefficient (Wildman–Crippen LogP) is 3.29. The molecule has 6 nitrogen and oxygen atoms in total. The first-order valence-electron chi connectivity index (χ1n) is 11.4. The Labute approximate surface area is 186 Å². The second-order valence-corrected chi connectivity index (χ2v) is 10.4. The lowest BCUT2D eigenvalue weighted by molar-refractivity contribution is -0.114. The molecular formula is C24H30N2O4S. The zero-order chi connectivity index (χ0) is 21.6. The van der Waals surface area contributed by atoms with E-state index in [9.17, 15) is 9.59 Å². The molecule has 5 rings (SSSR count). The van der Waals surface area contributed by atoms with Gasteiger partial charge < -0.3 is 19.0 Å². The highest BCUT2D eigenvalue weighted by Gasteiger charge is 2.45. The summed E-state index contributed by atoms with van der Waals surface area (Å²) in [5.74, 6) is 0.435. The highest BCUT2D eigenvalue weighted by Crippen LogP contribution is 2.46. The number of amides is 1. The number of likely N-dealkylation sites (tertiary alicyclic amines) is 2. The predicted molar refractivity (Wildman–Crippen MR) is 120 cm³/mol. The molecule has 0 bridgehead atoms. The van der Waals surface area contributed by atoms with Crippen LogP contribution in [0.25, 0.3) is 0 Å². The molecule has 0 aliphatic carbocycles. The van der Waals surface area contributed by atoms with E-state index in [0.29, 0.717) is 17.5 Å².